The Kier molecular flexibility index (Phi) is 6.20. The van der Waals surface area contributed by atoms with Crippen molar-refractivity contribution in [1.82, 2.24) is 0 Å². The van der Waals surface area contributed by atoms with Crippen molar-refractivity contribution in [1.29, 1.82) is 0 Å². The number of aryl methyl sites for hydroxylation is 2. The van der Waals surface area contributed by atoms with Gasteiger partial charge in [-0.3, -0.25) is 4.31 Å². The van der Waals surface area contributed by atoms with Crippen LogP contribution in [-0.2, 0) is 10.0 Å². The van der Waals surface area contributed by atoms with Crippen LogP contribution < -0.4 is 9.04 Å². The molecule has 1 atom stereocenters. The van der Waals surface area contributed by atoms with Crippen molar-refractivity contribution in [3.05, 3.63) is 88.4 Å². The molecule has 29 heavy (non-hydrogen) atoms. The van der Waals surface area contributed by atoms with Gasteiger partial charge in [-0.1, -0.05) is 47.5 Å². The summed E-state index contributed by atoms with van der Waals surface area (Å²) in [5, 5.41) is 0.420. The molecule has 3 rings (SSSR count). The van der Waals surface area contributed by atoms with E-state index in [1.165, 1.54) is 10.4 Å². The second kappa shape index (κ2) is 8.47. The lowest BCUT2D eigenvalue weighted by Crippen LogP contribution is -2.33. The van der Waals surface area contributed by atoms with Gasteiger partial charge in [0.05, 0.1) is 23.7 Å². The fourth-order valence-electron chi connectivity index (χ4n) is 3.13. The van der Waals surface area contributed by atoms with Gasteiger partial charge in [0.1, 0.15) is 5.75 Å². The van der Waals surface area contributed by atoms with Gasteiger partial charge < -0.3 is 4.74 Å². The largest absolute Gasteiger partial charge is 0.497 e. The lowest BCUT2D eigenvalue weighted by Gasteiger charge is -2.31. The van der Waals surface area contributed by atoms with E-state index in [1.807, 2.05) is 45.0 Å². The number of benzene rings is 3. The molecule has 0 aliphatic rings. The fraction of sp³-hybridized carbons (Fsp3) is 0.217. The van der Waals surface area contributed by atoms with Crippen molar-refractivity contribution in [3.8, 4) is 5.75 Å². The van der Waals surface area contributed by atoms with Gasteiger partial charge in [-0.2, -0.15) is 0 Å². The third kappa shape index (κ3) is 4.41. The Hall–Kier alpha value is -2.50. The van der Waals surface area contributed by atoms with Crippen molar-refractivity contribution >= 4 is 27.3 Å². The predicted molar refractivity (Wildman–Crippen MR) is 118 cm³/mol. The number of anilines is 1. The highest BCUT2D eigenvalue weighted by molar-refractivity contribution is 7.92. The van der Waals surface area contributed by atoms with E-state index < -0.39 is 16.1 Å². The van der Waals surface area contributed by atoms with Crippen LogP contribution in [-0.4, -0.2) is 15.5 Å². The lowest BCUT2D eigenvalue weighted by molar-refractivity contribution is 0.415. The molecule has 0 amide bonds. The van der Waals surface area contributed by atoms with Crippen molar-refractivity contribution in [3.63, 3.8) is 0 Å². The smallest absolute Gasteiger partial charge is 0.264 e. The zero-order chi connectivity index (χ0) is 21.2. The molecule has 0 fully saturated rings. The van der Waals surface area contributed by atoms with E-state index in [2.05, 4.69) is 0 Å². The molecule has 0 aliphatic carbocycles. The van der Waals surface area contributed by atoms with Crippen LogP contribution >= 0.6 is 11.6 Å². The number of hydrogen-bond acceptors (Lipinski definition) is 3. The quantitative estimate of drug-likeness (QED) is 0.488. The van der Waals surface area contributed by atoms with Crippen molar-refractivity contribution in [2.75, 3.05) is 11.4 Å². The highest BCUT2D eigenvalue weighted by Gasteiger charge is 2.31. The van der Waals surface area contributed by atoms with Crippen LogP contribution in [0.4, 0.5) is 5.69 Å². The molecular weight excluding hydrogens is 406 g/mol. The first-order chi connectivity index (χ1) is 13.7. The molecule has 3 aromatic rings. The summed E-state index contributed by atoms with van der Waals surface area (Å²) in [6.45, 7) is 5.72. The Bertz CT molecular complexity index is 1090. The second-order valence-corrected chi connectivity index (χ2v) is 9.22. The molecule has 0 unspecified atom stereocenters. The van der Waals surface area contributed by atoms with Gasteiger partial charge in [0.2, 0.25) is 0 Å². The number of nitrogens with zero attached hydrogens (tertiary/aromatic N) is 1. The third-order valence-electron chi connectivity index (χ3n) is 4.94. The third-order valence-corrected chi connectivity index (χ3v) is 7.24. The molecule has 6 heteroatoms. The van der Waals surface area contributed by atoms with Crippen LogP contribution in [0, 0.1) is 13.8 Å². The molecule has 3 aromatic carbocycles. The summed E-state index contributed by atoms with van der Waals surface area (Å²) in [5.41, 5.74) is 3.39. The van der Waals surface area contributed by atoms with E-state index in [-0.39, 0.29) is 4.90 Å². The fourth-order valence-corrected chi connectivity index (χ4v) is 5.04. The molecule has 0 heterocycles. The van der Waals surface area contributed by atoms with E-state index in [0.29, 0.717) is 16.5 Å². The lowest BCUT2D eigenvalue weighted by atomic mass is 10.1. The van der Waals surface area contributed by atoms with Gasteiger partial charge >= 0.3 is 0 Å². The van der Waals surface area contributed by atoms with Crippen LogP contribution in [0.2, 0.25) is 5.02 Å². The number of sulfonamides is 1. The molecule has 0 saturated carbocycles. The molecule has 0 radical (unpaired) electrons. The zero-order valence-electron chi connectivity index (χ0n) is 16.9. The maximum Gasteiger partial charge on any atom is 0.264 e. The first kappa shape index (κ1) is 21.2. The maximum absolute atomic E-state index is 13.7. The van der Waals surface area contributed by atoms with E-state index in [0.717, 1.165) is 16.7 Å². The molecule has 0 bridgehead atoms. The molecule has 0 saturated heterocycles. The van der Waals surface area contributed by atoms with Gasteiger partial charge in [0.15, 0.2) is 0 Å². The molecule has 0 N–H and O–H groups in total. The Morgan fingerprint density at radius 2 is 1.55 bits per heavy atom. The minimum atomic E-state index is -3.86. The van der Waals surface area contributed by atoms with E-state index in [1.54, 1.807) is 43.5 Å². The van der Waals surface area contributed by atoms with Crippen LogP contribution in [0.3, 0.4) is 0 Å². The molecule has 0 aromatic heterocycles. The van der Waals surface area contributed by atoms with Gasteiger partial charge in [0.25, 0.3) is 10.0 Å². The molecule has 152 valence electrons. The first-order valence-corrected chi connectivity index (χ1v) is 11.1. The molecular formula is C23H24ClNO3S. The second-order valence-electron chi connectivity index (χ2n) is 7.00. The Labute approximate surface area is 177 Å². The summed E-state index contributed by atoms with van der Waals surface area (Å²) >= 11 is 6.22. The molecule has 0 spiro atoms. The highest BCUT2D eigenvalue weighted by atomic mass is 35.5. The monoisotopic (exact) mass is 429 g/mol. The summed E-state index contributed by atoms with van der Waals surface area (Å²) in [6, 6.07) is 19.3. The average molecular weight is 430 g/mol. The van der Waals surface area contributed by atoms with Crippen molar-refractivity contribution in [2.45, 2.75) is 31.7 Å². The number of hydrogen-bond donors (Lipinski definition) is 0. The van der Waals surface area contributed by atoms with E-state index >= 15 is 0 Å². The normalized spacial score (nSPS) is 12.4. The summed E-state index contributed by atoms with van der Waals surface area (Å²) < 4.78 is 34.0. The minimum Gasteiger partial charge on any atom is -0.497 e. The van der Waals surface area contributed by atoms with Gasteiger partial charge in [-0.25, -0.2) is 8.42 Å². The number of halogens is 1. The van der Waals surface area contributed by atoms with Crippen molar-refractivity contribution < 1.29 is 13.2 Å². The SMILES string of the molecule is COc1ccc(N([C@H](C)c2ccc(C)cc2)S(=O)(=O)c2ccc(C)c(Cl)c2)cc1. The minimum absolute atomic E-state index is 0.155. The average Bonchev–Trinajstić information content (AvgIpc) is 2.71. The van der Waals surface area contributed by atoms with E-state index in [4.69, 9.17) is 16.3 Å². The van der Waals surface area contributed by atoms with Crippen LogP contribution in [0.25, 0.3) is 0 Å². The van der Waals surface area contributed by atoms with Gasteiger partial charge in [0, 0.05) is 5.02 Å². The standard InChI is InChI=1S/C23H24ClNO3S/c1-16-5-8-19(9-6-16)18(3)25(20-10-12-21(28-4)13-11-20)29(26,27)22-14-7-17(2)23(24)15-22/h5-15,18H,1-4H3/t18-/m1/s1. The summed E-state index contributed by atoms with van der Waals surface area (Å²) in [5.74, 6) is 0.660. The summed E-state index contributed by atoms with van der Waals surface area (Å²) in [4.78, 5) is 0.155. The van der Waals surface area contributed by atoms with Crippen LogP contribution in [0.1, 0.15) is 29.7 Å². The number of methoxy groups -OCH3 is 1. The molecule has 4 nitrogen and oxygen atoms in total. The number of ether oxygens (including phenoxy) is 1. The predicted octanol–water partition coefficient (Wildman–Crippen LogP) is 5.92. The van der Waals surface area contributed by atoms with Crippen molar-refractivity contribution in [2.24, 2.45) is 0 Å². The van der Waals surface area contributed by atoms with Crippen LogP contribution in [0.5, 0.6) is 5.75 Å². The topological polar surface area (TPSA) is 46.6 Å². The Morgan fingerprint density at radius 3 is 2.10 bits per heavy atom. The molecule has 0 aliphatic heterocycles. The van der Waals surface area contributed by atoms with E-state index in [9.17, 15) is 8.42 Å². The summed E-state index contributed by atoms with van der Waals surface area (Å²) in [7, 11) is -2.29. The summed E-state index contributed by atoms with van der Waals surface area (Å²) in [6.07, 6.45) is 0. The number of rotatable bonds is 6. The first-order valence-electron chi connectivity index (χ1n) is 9.25. The van der Waals surface area contributed by atoms with Gasteiger partial charge in [-0.15, -0.1) is 0 Å². The Balaban J connectivity index is 2.15. The highest BCUT2D eigenvalue weighted by Crippen LogP contribution is 2.35. The van der Waals surface area contributed by atoms with Crippen LogP contribution in [0.15, 0.2) is 71.6 Å². The zero-order valence-corrected chi connectivity index (χ0v) is 18.5. The van der Waals surface area contributed by atoms with Gasteiger partial charge in [-0.05, 0) is 68.3 Å². The maximum atomic E-state index is 13.7. The Morgan fingerprint density at radius 1 is 0.931 bits per heavy atom.